The summed E-state index contributed by atoms with van der Waals surface area (Å²) >= 11 is 0. The van der Waals surface area contributed by atoms with Gasteiger partial charge in [0.15, 0.2) is 0 Å². The van der Waals surface area contributed by atoms with Gasteiger partial charge in [-0.05, 0) is 24.1 Å². The third kappa shape index (κ3) is 3.03. The summed E-state index contributed by atoms with van der Waals surface area (Å²) in [5, 5.41) is 7.26. The number of aryl methyl sites for hydroxylation is 1. The number of hydrogen-bond donors (Lipinski definition) is 2. The number of nitrogens with one attached hydrogen (secondary N) is 2. The average Bonchev–Trinajstić information content (AvgIpc) is 3.17. The quantitative estimate of drug-likeness (QED) is 0.733. The van der Waals surface area contributed by atoms with Crippen molar-refractivity contribution >= 4 is 0 Å². The standard InChI is InChI=1S/C17H20N4O/c1-3-5-13-10-18-17(20-13)15-11-19-21-16(15)9-12-6-4-7-14(8-12)22-2/h4,6-8,10-11H,3,5,9H2,1-2H3,(H,18,20)(H,19,21). The predicted molar refractivity (Wildman–Crippen MR) is 86.0 cm³/mol. The van der Waals surface area contributed by atoms with Crippen LogP contribution >= 0.6 is 0 Å². The van der Waals surface area contributed by atoms with E-state index in [0.717, 1.165) is 47.8 Å². The number of benzene rings is 1. The number of aromatic amines is 2. The molecule has 0 saturated carbocycles. The van der Waals surface area contributed by atoms with Crippen molar-refractivity contribution in [3.63, 3.8) is 0 Å². The van der Waals surface area contributed by atoms with Gasteiger partial charge >= 0.3 is 0 Å². The molecule has 0 radical (unpaired) electrons. The minimum absolute atomic E-state index is 0.760. The van der Waals surface area contributed by atoms with Gasteiger partial charge in [-0.15, -0.1) is 0 Å². The van der Waals surface area contributed by atoms with Crippen LogP contribution in [0.2, 0.25) is 0 Å². The fourth-order valence-corrected chi connectivity index (χ4v) is 2.53. The molecule has 1 aromatic carbocycles. The molecule has 0 atom stereocenters. The fourth-order valence-electron chi connectivity index (χ4n) is 2.53. The molecule has 0 amide bonds. The Morgan fingerprint density at radius 3 is 2.95 bits per heavy atom. The first-order valence-corrected chi connectivity index (χ1v) is 7.49. The van der Waals surface area contributed by atoms with E-state index >= 15 is 0 Å². The second kappa shape index (κ2) is 6.47. The number of methoxy groups -OCH3 is 1. The first-order valence-electron chi connectivity index (χ1n) is 7.49. The first kappa shape index (κ1) is 14.4. The summed E-state index contributed by atoms with van der Waals surface area (Å²) in [4.78, 5) is 7.84. The van der Waals surface area contributed by atoms with Crippen molar-refractivity contribution in [1.82, 2.24) is 20.2 Å². The van der Waals surface area contributed by atoms with Crippen LogP contribution in [0.25, 0.3) is 11.4 Å². The van der Waals surface area contributed by atoms with Crippen LogP contribution in [0.3, 0.4) is 0 Å². The van der Waals surface area contributed by atoms with Crippen LogP contribution < -0.4 is 4.74 Å². The number of rotatable bonds is 6. The summed E-state index contributed by atoms with van der Waals surface area (Å²) in [6.07, 6.45) is 6.60. The SMILES string of the molecule is CCCc1cnc(-c2cn[nH]c2Cc2cccc(OC)c2)[nH]1. The summed E-state index contributed by atoms with van der Waals surface area (Å²) in [5.41, 5.74) is 4.40. The van der Waals surface area contributed by atoms with Crippen molar-refractivity contribution in [3.8, 4) is 17.1 Å². The normalized spacial score (nSPS) is 10.8. The molecule has 0 aliphatic carbocycles. The maximum atomic E-state index is 5.27. The minimum Gasteiger partial charge on any atom is -0.497 e. The number of nitrogens with zero attached hydrogens (tertiary/aromatic N) is 2. The molecule has 3 rings (SSSR count). The Hall–Kier alpha value is -2.56. The number of ether oxygens (including phenoxy) is 1. The molecule has 2 heterocycles. The van der Waals surface area contributed by atoms with Crippen molar-refractivity contribution in [2.45, 2.75) is 26.2 Å². The van der Waals surface area contributed by atoms with Gasteiger partial charge in [-0.25, -0.2) is 4.98 Å². The predicted octanol–water partition coefficient (Wildman–Crippen LogP) is 3.35. The highest BCUT2D eigenvalue weighted by Crippen LogP contribution is 2.23. The summed E-state index contributed by atoms with van der Waals surface area (Å²) < 4.78 is 5.27. The lowest BCUT2D eigenvalue weighted by Gasteiger charge is -2.04. The third-order valence-electron chi connectivity index (χ3n) is 3.64. The number of imidazole rings is 1. The van der Waals surface area contributed by atoms with E-state index in [1.54, 1.807) is 7.11 Å². The topological polar surface area (TPSA) is 66.6 Å². The lowest BCUT2D eigenvalue weighted by molar-refractivity contribution is 0.414. The van der Waals surface area contributed by atoms with Crippen molar-refractivity contribution in [2.24, 2.45) is 0 Å². The monoisotopic (exact) mass is 296 g/mol. The molecule has 3 aromatic rings. The van der Waals surface area contributed by atoms with Crippen LogP contribution in [0.1, 0.15) is 30.3 Å². The van der Waals surface area contributed by atoms with E-state index in [1.807, 2.05) is 30.6 Å². The molecule has 2 N–H and O–H groups in total. The Labute approximate surface area is 129 Å². The molecule has 0 aliphatic heterocycles. The van der Waals surface area contributed by atoms with Gasteiger partial charge < -0.3 is 9.72 Å². The molecule has 114 valence electrons. The zero-order valence-corrected chi connectivity index (χ0v) is 12.9. The van der Waals surface area contributed by atoms with E-state index in [2.05, 4.69) is 33.2 Å². The number of hydrogen-bond acceptors (Lipinski definition) is 3. The summed E-state index contributed by atoms with van der Waals surface area (Å²) in [6, 6.07) is 8.06. The van der Waals surface area contributed by atoms with Crippen LogP contribution in [0.15, 0.2) is 36.7 Å². The minimum atomic E-state index is 0.760. The van der Waals surface area contributed by atoms with Crippen molar-refractivity contribution in [3.05, 3.63) is 53.6 Å². The highest BCUT2D eigenvalue weighted by molar-refractivity contribution is 5.58. The first-order chi connectivity index (χ1) is 10.8. The zero-order chi connectivity index (χ0) is 15.4. The second-order valence-corrected chi connectivity index (χ2v) is 5.30. The molecule has 22 heavy (non-hydrogen) atoms. The second-order valence-electron chi connectivity index (χ2n) is 5.30. The summed E-state index contributed by atoms with van der Waals surface area (Å²) in [7, 11) is 1.68. The lowest BCUT2D eigenvalue weighted by atomic mass is 10.1. The van der Waals surface area contributed by atoms with Crippen LogP contribution in [0.4, 0.5) is 0 Å². The van der Waals surface area contributed by atoms with E-state index in [0.29, 0.717) is 0 Å². The van der Waals surface area contributed by atoms with Crippen LogP contribution in [0, 0.1) is 0 Å². The molecule has 0 spiro atoms. The Kier molecular flexibility index (Phi) is 4.23. The van der Waals surface area contributed by atoms with E-state index in [4.69, 9.17) is 4.74 Å². The fraction of sp³-hybridized carbons (Fsp3) is 0.294. The molecular weight excluding hydrogens is 276 g/mol. The van der Waals surface area contributed by atoms with Crippen molar-refractivity contribution in [1.29, 1.82) is 0 Å². The molecule has 0 fully saturated rings. The highest BCUT2D eigenvalue weighted by Gasteiger charge is 2.12. The maximum Gasteiger partial charge on any atom is 0.140 e. The lowest BCUT2D eigenvalue weighted by Crippen LogP contribution is -1.93. The Morgan fingerprint density at radius 1 is 1.23 bits per heavy atom. The molecule has 0 aliphatic rings. The van der Waals surface area contributed by atoms with Crippen LogP contribution in [0.5, 0.6) is 5.75 Å². The van der Waals surface area contributed by atoms with Gasteiger partial charge in [-0.1, -0.05) is 25.5 Å². The molecule has 5 heteroatoms. The summed E-state index contributed by atoms with van der Waals surface area (Å²) in [6.45, 7) is 2.16. The molecule has 5 nitrogen and oxygen atoms in total. The van der Waals surface area contributed by atoms with Gasteiger partial charge in [0.05, 0.1) is 24.6 Å². The van der Waals surface area contributed by atoms with Crippen molar-refractivity contribution < 1.29 is 4.74 Å². The van der Waals surface area contributed by atoms with E-state index in [9.17, 15) is 0 Å². The molecule has 0 unspecified atom stereocenters. The largest absolute Gasteiger partial charge is 0.497 e. The van der Waals surface area contributed by atoms with Gasteiger partial charge in [0.1, 0.15) is 11.6 Å². The van der Waals surface area contributed by atoms with E-state index in [1.165, 1.54) is 5.56 Å². The smallest absolute Gasteiger partial charge is 0.140 e. The third-order valence-corrected chi connectivity index (χ3v) is 3.64. The molecule has 0 saturated heterocycles. The van der Waals surface area contributed by atoms with Gasteiger partial charge in [0, 0.05) is 18.3 Å². The number of aromatic nitrogens is 4. The van der Waals surface area contributed by atoms with Gasteiger partial charge in [0.2, 0.25) is 0 Å². The molecule has 0 bridgehead atoms. The molecule has 2 aromatic heterocycles. The average molecular weight is 296 g/mol. The van der Waals surface area contributed by atoms with Gasteiger partial charge in [-0.3, -0.25) is 5.10 Å². The Morgan fingerprint density at radius 2 is 2.14 bits per heavy atom. The van der Waals surface area contributed by atoms with E-state index < -0.39 is 0 Å². The summed E-state index contributed by atoms with van der Waals surface area (Å²) in [5.74, 6) is 1.73. The van der Waals surface area contributed by atoms with Gasteiger partial charge in [-0.2, -0.15) is 5.10 Å². The molecular formula is C17H20N4O. The van der Waals surface area contributed by atoms with Crippen LogP contribution in [-0.4, -0.2) is 27.3 Å². The highest BCUT2D eigenvalue weighted by atomic mass is 16.5. The maximum absolute atomic E-state index is 5.27. The number of H-pyrrole nitrogens is 2. The van der Waals surface area contributed by atoms with Crippen LogP contribution in [-0.2, 0) is 12.8 Å². The Bertz CT molecular complexity index is 744. The van der Waals surface area contributed by atoms with Gasteiger partial charge in [0.25, 0.3) is 0 Å². The van der Waals surface area contributed by atoms with E-state index in [-0.39, 0.29) is 0 Å². The zero-order valence-electron chi connectivity index (χ0n) is 12.9. The Balaban J connectivity index is 1.84. The van der Waals surface area contributed by atoms with Crippen molar-refractivity contribution in [2.75, 3.05) is 7.11 Å².